The lowest BCUT2D eigenvalue weighted by Crippen LogP contribution is -2.49. The summed E-state index contributed by atoms with van der Waals surface area (Å²) >= 11 is 0. The van der Waals surface area contributed by atoms with E-state index in [4.69, 9.17) is 14.6 Å². The van der Waals surface area contributed by atoms with E-state index in [1.165, 1.54) is 0 Å². The maximum absolute atomic E-state index is 12.0. The van der Waals surface area contributed by atoms with E-state index in [0.717, 1.165) is 62.7 Å². The molecule has 4 rings (SSSR count). The van der Waals surface area contributed by atoms with Crippen molar-refractivity contribution in [1.82, 2.24) is 19.9 Å². The van der Waals surface area contributed by atoms with Gasteiger partial charge < -0.3 is 19.7 Å². The Labute approximate surface area is 172 Å². The number of hydrogen-bond acceptors (Lipinski definition) is 6. The van der Waals surface area contributed by atoms with Crippen molar-refractivity contribution in [2.45, 2.75) is 65.1 Å². The van der Waals surface area contributed by atoms with Crippen LogP contribution in [0, 0.1) is 18.8 Å². The number of alkyl carbamates (subject to hydrolysis) is 1. The van der Waals surface area contributed by atoms with E-state index in [1.807, 2.05) is 38.6 Å². The Morgan fingerprint density at radius 2 is 2.17 bits per heavy atom. The summed E-state index contributed by atoms with van der Waals surface area (Å²) in [6.45, 7) is 10.9. The fourth-order valence-corrected chi connectivity index (χ4v) is 4.54. The van der Waals surface area contributed by atoms with Gasteiger partial charge in [-0.2, -0.15) is 5.10 Å². The number of carbonyl (C=O) groups excluding carboxylic acids is 1. The minimum Gasteiger partial charge on any atom is -0.444 e. The smallest absolute Gasteiger partial charge is 0.407 e. The molecular weight excluding hydrogens is 370 g/mol. The summed E-state index contributed by atoms with van der Waals surface area (Å²) < 4.78 is 13.4. The van der Waals surface area contributed by atoms with Crippen LogP contribution in [0.5, 0.6) is 0 Å². The first kappa shape index (κ1) is 20.2. The molecule has 1 aromatic heterocycles. The van der Waals surface area contributed by atoms with Gasteiger partial charge in [-0.3, -0.25) is 0 Å². The Morgan fingerprint density at radius 1 is 1.34 bits per heavy atom. The summed E-state index contributed by atoms with van der Waals surface area (Å²) in [6, 6.07) is 0. The lowest BCUT2D eigenvalue weighted by molar-refractivity contribution is -0.0212. The molecule has 1 aromatic rings. The highest BCUT2D eigenvalue weighted by Gasteiger charge is 2.41. The minimum atomic E-state index is -0.476. The number of likely N-dealkylation sites (tertiary alicyclic amines) is 1. The van der Waals surface area contributed by atoms with Crippen molar-refractivity contribution in [3.63, 3.8) is 0 Å². The van der Waals surface area contributed by atoms with Gasteiger partial charge in [0.05, 0.1) is 17.8 Å². The topological polar surface area (TPSA) is 81.0 Å². The van der Waals surface area contributed by atoms with E-state index in [0.29, 0.717) is 12.5 Å². The van der Waals surface area contributed by atoms with E-state index in [9.17, 15) is 4.79 Å². The highest BCUT2D eigenvalue weighted by atomic mass is 16.6. The molecule has 1 amide bonds. The summed E-state index contributed by atoms with van der Waals surface area (Å²) in [5, 5.41) is 7.90. The standard InChI is InChI=1S/C21H33N5O3/c1-14-12-26-19(23-14)17-16(8-6-10-28-17)18(24-26)25-9-5-7-15(13-25)11-22-20(27)29-21(2,3)4/h12,15-17H,5-11,13H2,1-4H3,(H,22,27). The van der Waals surface area contributed by atoms with Crippen molar-refractivity contribution < 1.29 is 14.3 Å². The van der Waals surface area contributed by atoms with Crippen LogP contribution >= 0.6 is 0 Å². The molecule has 0 bridgehead atoms. The summed E-state index contributed by atoms with van der Waals surface area (Å²) in [5.74, 6) is 2.68. The monoisotopic (exact) mass is 403 g/mol. The SMILES string of the molecule is Cc1cn2c(n1)C1OCCCC1C(N1CCCC(CNC(=O)OC(C)(C)C)C1)=N2. The van der Waals surface area contributed by atoms with E-state index in [2.05, 4.69) is 15.2 Å². The second-order valence-corrected chi connectivity index (χ2v) is 9.42. The van der Waals surface area contributed by atoms with Crippen molar-refractivity contribution in [2.75, 3.05) is 26.2 Å². The van der Waals surface area contributed by atoms with Gasteiger partial charge in [0.1, 0.15) is 17.5 Å². The number of aryl methyl sites for hydroxylation is 1. The maximum atomic E-state index is 12.0. The molecule has 2 saturated heterocycles. The van der Waals surface area contributed by atoms with Crippen molar-refractivity contribution in [2.24, 2.45) is 16.9 Å². The average Bonchev–Trinajstić information content (AvgIpc) is 3.05. The molecule has 8 heteroatoms. The molecular formula is C21H33N5O3. The van der Waals surface area contributed by atoms with Gasteiger partial charge in [0.15, 0.2) is 5.82 Å². The molecule has 4 heterocycles. The first-order chi connectivity index (χ1) is 13.8. The van der Waals surface area contributed by atoms with Gasteiger partial charge in [0.25, 0.3) is 0 Å². The molecule has 3 atom stereocenters. The van der Waals surface area contributed by atoms with Crippen LogP contribution in [0.1, 0.15) is 64.1 Å². The van der Waals surface area contributed by atoms with E-state index >= 15 is 0 Å². The van der Waals surface area contributed by atoms with Gasteiger partial charge in [-0.05, 0) is 59.3 Å². The summed E-state index contributed by atoms with van der Waals surface area (Å²) in [4.78, 5) is 19.1. The maximum Gasteiger partial charge on any atom is 0.407 e. The summed E-state index contributed by atoms with van der Waals surface area (Å²) in [7, 11) is 0. The Balaban J connectivity index is 1.45. The molecule has 3 aliphatic rings. The first-order valence-corrected chi connectivity index (χ1v) is 10.8. The molecule has 1 N–H and O–H groups in total. The van der Waals surface area contributed by atoms with Crippen LogP contribution < -0.4 is 5.32 Å². The minimum absolute atomic E-state index is 0.00906. The van der Waals surface area contributed by atoms with Crippen molar-refractivity contribution in [3.8, 4) is 0 Å². The van der Waals surface area contributed by atoms with Gasteiger partial charge in [0.2, 0.25) is 0 Å². The zero-order chi connectivity index (χ0) is 20.6. The van der Waals surface area contributed by atoms with Gasteiger partial charge >= 0.3 is 6.09 Å². The normalized spacial score (nSPS) is 27.0. The molecule has 0 spiro atoms. The second kappa shape index (κ2) is 7.97. The number of aromatic nitrogens is 2. The molecule has 3 unspecified atom stereocenters. The van der Waals surface area contributed by atoms with Crippen LogP contribution in [0.25, 0.3) is 0 Å². The summed E-state index contributed by atoms with van der Waals surface area (Å²) in [5.41, 5.74) is 0.492. The number of nitrogens with zero attached hydrogens (tertiary/aromatic N) is 4. The third kappa shape index (κ3) is 4.57. The Morgan fingerprint density at radius 3 is 2.97 bits per heavy atom. The molecule has 0 aromatic carbocycles. The fraction of sp³-hybridized carbons (Fsp3) is 0.762. The van der Waals surface area contributed by atoms with E-state index in [1.54, 1.807) is 0 Å². The Hall–Kier alpha value is -2.09. The van der Waals surface area contributed by atoms with Gasteiger partial charge in [-0.1, -0.05) is 0 Å². The van der Waals surface area contributed by atoms with Crippen LogP contribution in [0.3, 0.4) is 0 Å². The number of ether oxygens (including phenoxy) is 2. The first-order valence-electron chi connectivity index (χ1n) is 10.8. The van der Waals surface area contributed by atoms with Gasteiger partial charge in [-0.25, -0.2) is 14.5 Å². The number of amides is 1. The molecule has 0 aliphatic carbocycles. The van der Waals surface area contributed by atoms with Crippen LogP contribution in [-0.4, -0.2) is 58.3 Å². The number of amidine groups is 1. The second-order valence-electron chi connectivity index (χ2n) is 9.42. The zero-order valence-electron chi connectivity index (χ0n) is 18.0. The predicted molar refractivity (Wildman–Crippen MR) is 110 cm³/mol. The van der Waals surface area contributed by atoms with Crippen LogP contribution in [-0.2, 0) is 9.47 Å². The summed E-state index contributed by atoms with van der Waals surface area (Å²) in [6.07, 6.45) is 5.95. The van der Waals surface area contributed by atoms with Crippen LogP contribution in [0.4, 0.5) is 4.79 Å². The third-order valence-corrected chi connectivity index (χ3v) is 5.73. The molecule has 29 heavy (non-hydrogen) atoms. The number of hydrogen-bond donors (Lipinski definition) is 1. The Bertz CT molecular complexity index is 782. The lowest BCUT2D eigenvalue weighted by Gasteiger charge is -2.42. The quantitative estimate of drug-likeness (QED) is 0.821. The van der Waals surface area contributed by atoms with Crippen molar-refractivity contribution in [3.05, 3.63) is 17.7 Å². The Kier molecular flexibility index (Phi) is 5.55. The van der Waals surface area contributed by atoms with Crippen molar-refractivity contribution >= 4 is 11.9 Å². The molecule has 160 valence electrons. The largest absolute Gasteiger partial charge is 0.444 e. The lowest BCUT2D eigenvalue weighted by atomic mass is 9.89. The average molecular weight is 404 g/mol. The molecule has 0 saturated carbocycles. The fourth-order valence-electron chi connectivity index (χ4n) is 4.54. The number of carbonyl (C=O) groups is 1. The van der Waals surface area contributed by atoms with Crippen molar-refractivity contribution in [1.29, 1.82) is 0 Å². The molecule has 2 fully saturated rings. The number of nitrogens with one attached hydrogen (secondary N) is 1. The molecule has 3 aliphatic heterocycles. The third-order valence-electron chi connectivity index (χ3n) is 5.73. The number of piperidine rings is 1. The molecule has 8 nitrogen and oxygen atoms in total. The van der Waals surface area contributed by atoms with Gasteiger partial charge in [-0.15, -0.1) is 0 Å². The van der Waals surface area contributed by atoms with Gasteiger partial charge in [0, 0.05) is 26.2 Å². The number of imidazole rings is 1. The van der Waals surface area contributed by atoms with E-state index in [-0.39, 0.29) is 18.1 Å². The highest BCUT2D eigenvalue weighted by Crippen LogP contribution is 2.38. The van der Waals surface area contributed by atoms with Crippen LogP contribution in [0.15, 0.2) is 11.3 Å². The number of rotatable bonds is 2. The van der Waals surface area contributed by atoms with E-state index < -0.39 is 5.60 Å². The van der Waals surface area contributed by atoms with Crippen LogP contribution in [0.2, 0.25) is 0 Å². The zero-order valence-corrected chi connectivity index (χ0v) is 18.0. The predicted octanol–water partition coefficient (Wildman–Crippen LogP) is 3.07. The molecule has 0 radical (unpaired) electrons. The number of fused-ring (bicyclic) bond motifs is 3. The highest BCUT2D eigenvalue weighted by molar-refractivity contribution is 5.86.